The van der Waals surface area contributed by atoms with E-state index in [4.69, 9.17) is 9.05 Å². The highest BCUT2D eigenvalue weighted by Gasteiger charge is 2.45. The summed E-state index contributed by atoms with van der Waals surface area (Å²) >= 11 is 0. The van der Waals surface area contributed by atoms with Crippen LogP contribution in [0.15, 0.2) is 164 Å². The van der Waals surface area contributed by atoms with Crippen molar-refractivity contribution >= 4 is 48.5 Å². The molecule has 7 aromatic rings. The summed E-state index contributed by atoms with van der Waals surface area (Å²) in [6, 6.07) is 48.8. The maximum Gasteiger partial charge on any atom is 0.311 e. The van der Waals surface area contributed by atoms with Crippen LogP contribution in [0.1, 0.15) is 29.8 Å². The molecule has 0 saturated carbocycles. The normalized spacial score (nSPS) is 16.9. The molecule has 0 radical (unpaired) electrons. The Balaban J connectivity index is 0.000000184. The molecule has 9 rings (SSSR count). The molecule has 0 bridgehead atoms. The van der Waals surface area contributed by atoms with E-state index in [0.717, 1.165) is 38.9 Å². The molecule has 0 saturated heterocycles. The van der Waals surface area contributed by atoms with Gasteiger partial charge in [0.1, 0.15) is 34.4 Å². The Labute approximate surface area is 332 Å². The van der Waals surface area contributed by atoms with Crippen LogP contribution < -0.4 is 25.0 Å². The van der Waals surface area contributed by atoms with Gasteiger partial charge in [-0.1, -0.05) is 111 Å². The van der Waals surface area contributed by atoms with E-state index in [1.165, 1.54) is 0 Å². The zero-order chi connectivity index (χ0) is 38.7. The highest BCUT2D eigenvalue weighted by Crippen LogP contribution is 2.65. The summed E-state index contributed by atoms with van der Waals surface area (Å²) in [5.74, 6) is 1.43. The largest absolute Gasteiger partial charge is 0.508 e. The second-order valence-corrected chi connectivity index (χ2v) is 17.6. The molecule has 0 aliphatic carbocycles. The van der Waals surface area contributed by atoms with E-state index in [2.05, 4.69) is 17.9 Å². The van der Waals surface area contributed by atoms with Crippen molar-refractivity contribution in [1.82, 2.24) is 0 Å². The van der Waals surface area contributed by atoms with Gasteiger partial charge in [-0.05, 0) is 95.4 Å². The number of phenolic OH excluding ortho intramolecular Hbond substituents is 3. The third kappa shape index (κ3) is 7.54. The summed E-state index contributed by atoms with van der Waals surface area (Å²) in [4.78, 5) is 0. The Morgan fingerprint density at radius 3 is 1.46 bits per heavy atom. The number of hydrogen-bond acceptors (Lipinski definition) is 7. The predicted molar refractivity (Wildman–Crippen MR) is 236 cm³/mol. The fourth-order valence-corrected chi connectivity index (χ4v) is 12.3. The van der Waals surface area contributed by atoms with E-state index in [0.29, 0.717) is 27.4 Å². The third-order valence-electron chi connectivity index (χ3n) is 9.48. The lowest BCUT2D eigenvalue weighted by atomic mass is 10.0. The highest BCUT2D eigenvalue weighted by molar-refractivity contribution is 7.92. The van der Waals surface area contributed by atoms with E-state index in [1.54, 1.807) is 66.7 Å². The van der Waals surface area contributed by atoms with Crippen molar-refractivity contribution in [2.75, 3.05) is 0 Å². The Bertz CT molecular complexity index is 2550. The molecule has 3 N–H and O–H groups in total. The molecule has 2 heterocycles. The van der Waals surface area contributed by atoms with Crippen LogP contribution in [0.25, 0.3) is 22.3 Å². The zero-order valence-corrected chi connectivity index (χ0v) is 33.8. The average Bonchev–Trinajstić information content (AvgIpc) is 3.21. The molecular formula is C45H42O7P4. The van der Waals surface area contributed by atoms with Crippen molar-refractivity contribution in [3.63, 3.8) is 0 Å². The predicted octanol–water partition coefficient (Wildman–Crippen LogP) is 11.1. The summed E-state index contributed by atoms with van der Waals surface area (Å²) in [6.07, 6.45) is 0. The van der Waals surface area contributed by atoms with Crippen molar-refractivity contribution in [2.24, 2.45) is 0 Å². The second kappa shape index (κ2) is 16.9. The summed E-state index contributed by atoms with van der Waals surface area (Å²) < 4.78 is 40.8. The summed E-state index contributed by atoms with van der Waals surface area (Å²) in [5.41, 5.74) is 5.45. The van der Waals surface area contributed by atoms with Gasteiger partial charge < -0.3 is 24.4 Å². The van der Waals surface area contributed by atoms with E-state index in [-0.39, 0.29) is 24.7 Å². The van der Waals surface area contributed by atoms with Gasteiger partial charge in [0.25, 0.3) is 7.37 Å². The van der Waals surface area contributed by atoms with Gasteiger partial charge in [-0.15, -0.1) is 17.9 Å². The molecule has 2 aliphatic heterocycles. The van der Waals surface area contributed by atoms with Gasteiger partial charge in [0.15, 0.2) is 0 Å². The van der Waals surface area contributed by atoms with Crippen molar-refractivity contribution in [2.45, 2.75) is 20.0 Å². The molecule has 4 atom stereocenters. The number of aromatic hydroxyl groups is 3. The smallest absolute Gasteiger partial charge is 0.311 e. The summed E-state index contributed by atoms with van der Waals surface area (Å²) in [6.45, 7) is 1.90. The molecular weight excluding hydrogens is 776 g/mol. The number of hydrogen-bond donors (Lipinski definition) is 3. The standard InChI is InChI=1S/C25H19O4P.C19H15O3P.CH4.H4P2/c26-19-13-9-17(10-14-19)25(18-11-15-20(27)16-12-18)30(28)24-8-4-2-6-22(24)21-5-1-3-7-23(21)29-30;1-13-10-11-16(20)19(12-13)23(21)18-9-5-3-7-15(18)14-6-2-4-8-17(14)22-23;;1-2/h1-16,25-27H;2-12,20H,1H3;1H4;1-2H2. The molecule has 7 aromatic carbocycles. The van der Waals surface area contributed by atoms with Crippen LogP contribution in [0.5, 0.6) is 28.7 Å². The number of benzene rings is 7. The Morgan fingerprint density at radius 2 is 0.929 bits per heavy atom. The molecule has 11 heteroatoms. The topological polar surface area (TPSA) is 113 Å². The summed E-state index contributed by atoms with van der Waals surface area (Å²) in [7, 11) is -2.22. The van der Waals surface area contributed by atoms with Gasteiger partial charge in [-0.2, -0.15) is 0 Å². The van der Waals surface area contributed by atoms with Crippen LogP contribution in [0.3, 0.4) is 0 Å². The van der Waals surface area contributed by atoms with Crippen LogP contribution in [0.2, 0.25) is 0 Å². The van der Waals surface area contributed by atoms with Crippen molar-refractivity contribution < 1.29 is 33.5 Å². The second-order valence-electron chi connectivity index (χ2n) is 12.9. The van der Waals surface area contributed by atoms with Gasteiger partial charge in [-0.3, -0.25) is 9.13 Å². The molecule has 4 unspecified atom stereocenters. The van der Waals surface area contributed by atoms with Crippen LogP contribution in [-0.2, 0) is 9.13 Å². The minimum Gasteiger partial charge on any atom is -0.508 e. The lowest BCUT2D eigenvalue weighted by molar-refractivity contribution is 0.472. The third-order valence-corrected chi connectivity index (χ3v) is 14.8. The number of rotatable bonds is 4. The van der Waals surface area contributed by atoms with Gasteiger partial charge in [0.05, 0.1) is 15.9 Å². The Kier molecular flexibility index (Phi) is 12.2. The van der Waals surface area contributed by atoms with Gasteiger partial charge in [0.2, 0.25) is 0 Å². The molecule has 56 heavy (non-hydrogen) atoms. The lowest BCUT2D eigenvalue weighted by Gasteiger charge is -2.34. The monoisotopic (exact) mass is 818 g/mol. The first-order chi connectivity index (χ1) is 26.7. The van der Waals surface area contributed by atoms with Crippen LogP contribution in [-0.4, -0.2) is 15.3 Å². The van der Waals surface area contributed by atoms with Gasteiger partial charge in [0, 0.05) is 11.1 Å². The maximum atomic E-state index is 14.7. The van der Waals surface area contributed by atoms with E-state index >= 15 is 0 Å². The van der Waals surface area contributed by atoms with E-state index < -0.39 is 20.4 Å². The van der Waals surface area contributed by atoms with Crippen LogP contribution >= 0.6 is 32.6 Å². The highest BCUT2D eigenvalue weighted by atomic mass is 32.0. The van der Waals surface area contributed by atoms with Crippen LogP contribution in [0.4, 0.5) is 0 Å². The number of aryl methyl sites for hydroxylation is 1. The molecule has 2 aliphatic rings. The number of phenols is 3. The molecule has 0 spiro atoms. The fraction of sp³-hybridized carbons (Fsp3) is 0.0667. The molecule has 0 amide bonds. The lowest BCUT2D eigenvalue weighted by Crippen LogP contribution is -2.25. The zero-order valence-electron chi connectivity index (χ0n) is 29.7. The minimum atomic E-state index is -3.48. The first-order valence-corrected chi connectivity index (χ1v) is 23.3. The average molecular weight is 819 g/mol. The quantitative estimate of drug-likeness (QED) is 0.152. The van der Waals surface area contributed by atoms with Gasteiger partial charge in [-0.25, -0.2) is 0 Å². The number of fused-ring (bicyclic) bond motifs is 6. The van der Waals surface area contributed by atoms with Crippen molar-refractivity contribution in [3.05, 3.63) is 180 Å². The summed E-state index contributed by atoms with van der Waals surface area (Å²) in [5, 5.41) is 31.5. The van der Waals surface area contributed by atoms with Crippen molar-refractivity contribution in [3.8, 4) is 51.0 Å². The Hall–Kier alpha value is -5.14. The first kappa shape index (κ1) is 40.5. The fourth-order valence-electron chi connectivity index (χ4n) is 6.99. The number of para-hydroxylation sites is 2. The van der Waals surface area contributed by atoms with E-state index in [1.807, 2.05) is 104 Å². The van der Waals surface area contributed by atoms with E-state index in [9.17, 15) is 24.4 Å². The Morgan fingerprint density at radius 1 is 0.500 bits per heavy atom. The first-order valence-electron chi connectivity index (χ1n) is 17.3. The molecule has 0 aromatic heterocycles. The molecule has 0 fully saturated rings. The van der Waals surface area contributed by atoms with Crippen molar-refractivity contribution in [1.29, 1.82) is 0 Å². The molecule has 7 nitrogen and oxygen atoms in total. The SMILES string of the molecule is C.Cc1ccc(O)c(P2(=O)Oc3ccccc3-c3ccccc32)c1.O=P1(C(c2ccc(O)cc2)c2ccc(O)cc2)Oc2ccccc2-c2ccccc21.PP. The van der Waals surface area contributed by atoms with Gasteiger partial charge >= 0.3 is 7.37 Å². The van der Waals surface area contributed by atoms with Crippen LogP contribution in [0, 0.1) is 6.92 Å². The molecule has 284 valence electrons. The minimum absolute atomic E-state index is 0. The maximum absolute atomic E-state index is 14.7.